The number of aliphatic hydroxyl groups is 1. The summed E-state index contributed by atoms with van der Waals surface area (Å²) < 4.78 is 22.4. The minimum absolute atomic E-state index is 0.0373. The van der Waals surface area contributed by atoms with Crippen molar-refractivity contribution in [2.75, 3.05) is 13.2 Å². The van der Waals surface area contributed by atoms with E-state index in [9.17, 15) is 14.3 Å². The molecule has 5 heteroatoms. The Bertz CT molecular complexity index is 350. The lowest BCUT2D eigenvalue weighted by Crippen LogP contribution is -2.22. The van der Waals surface area contributed by atoms with Crippen molar-refractivity contribution in [2.45, 2.75) is 19.4 Å². The van der Waals surface area contributed by atoms with E-state index in [0.29, 0.717) is 5.75 Å². The molecule has 0 aliphatic carbocycles. The van der Waals surface area contributed by atoms with Crippen LogP contribution in [0.2, 0.25) is 0 Å². The number of halogens is 1. The highest BCUT2D eigenvalue weighted by Crippen LogP contribution is 2.11. The second-order valence-electron chi connectivity index (χ2n) is 3.43. The Morgan fingerprint density at radius 3 is 2.65 bits per heavy atom. The Morgan fingerprint density at radius 1 is 1.41 bits per heavy atom. The van der Waals surface area contributed by atoms with Crippen molar-refractivity contribution < 1.29 is 23.8 Å². The minimum Gasteiger partial charge on any atom is -0.491 e. The van der Waals surface area contributed by atoms with Gasteiger partial charge in [0.05, 0.1) is 19.1 Å². The summed E-state index contributed by atoms with van der Waals surface area (Å²) in [7, 11) is 0. The van der Waals surface area contributed by atoms with Crippen molar-refractivity contribution in [3.8, 4) is 5.75 Å². The molecule has 4 nitrogen and oxygen atoms in total. The maximum atomic E-state index is 12.6. The third-order valence-electron chi connectivity index (χ3n) is 1.96. The second kappa shape index (κ2) is 6.85. The third-order valence-corrected chi connectivity index (χ3v) is 1.96. The predicted molar refractivity (Wildman–Crippen MR) is 59.2 cm³/mol. The van der Waals surface area contributed by atoms with Gasteiger partial charge in [-0.1, -0.05) is 0 Å². The van der Waals surface area contributed by atoms with E-state index in [4.69, 9.17) is 4.74 Å². The maximum Gasteiger partial charge on any atom is 0.308 e. The fraction of sp³-hybridized carbons (Fsp3) is 0.417. The quantitative estimate of drug-likeness (QED) is 0.768. The molecule has 0 aromatic heterocycles. The molecule has 0 bridgehead atoms. The fourth-order valence-corrected chi connectivity index (χ4v) is 1.19. The van der Waals surface area contributed by atoms with E-state index in [1.165, 1.54) is 24.3 Å². The van der Waals surface area contributed by atoms with Crippen molar-refractivity contribution in [2.24, 2.45) is 0 Å². The van der Waals surface area contributed by atoms with Gasteiger partial charge in [0.25, 0.3) is 0 Å². The number of esters is 1. The fourth-order valence-electron chi connectivity index (χ4n) is 1.19. The van der Waals surface area contributed by atoms with Crippen molar-refractivity contribution in [1.82, 2.24) is 0 Å². The van der Waals surface area contributed by atoms with E-state index < -0.39 is 12.1 Å². The van der Waals surface area contributed by atoms with Gasteiger partial charge in [0.15, 0.2) is 0 Å². The smallest absolute Gasteiger partial charge is 0.308 e. The van der Waals surface area contributed by atoms with Gasteiger partial charge in [0, 0.05) is 0 Å². The van der Waals surface area contributed by atoms with Crippen molar-refractivity contribution in [1.29, 1.82) is 0 Å². The molecule has 1 aromatic rings. The normalized spacial score (nSPS) is 11.9. The Balaban J connectivity index is 2.30. The van der Waals surface area contributed by atoms with Crippen LogP contribution in [-0.2, 0) is 9.53 Å². The molecule has 0 heterocycles. The van der Waals surface area contributed by atoms with Crippen LogP contribution in [0.1, 0.15) is 13.3 Å². The molecule has 0 aliphatic rings. The molecule has 0 radical (unpaired) electrons. The van der Waals surface area contributed by atoms with E-state index in [1.807, 2.05) is 0 Å². The average molecular weight is 242 g/mol. The number of benzene rings is 1. The van der Waals surface area contributed by atoms with Gasteiger partial charge in [0.1, 0.15) is 18.2 Å². The first kappa shape index (κ1) is 13.4. The summed E-state index contributed by atoms with van der Waals surface area (Å²) in [4.78, 5) is 11.0. The molecule has 0 aliphatic heterocycles. The highest BCUT2D eigenvalue weighted by Gasteiger charge is 2.12. The van der Waals surface area contributed by atoms with E-state index in [0.717, 1.165) is 0 Å². The topological polar surface area (TPSA) is 55.8 Å². The number of carbonyl (C=O) groups is 1. The van der Waals surface area contributed by atoms with Gasteiger partial charge in [-0.05, 0) is 31.2 Å². The molecule has 0 fully saturated rings. The van der Waals surface area contributed by atoms with Crippen LogP contribution in [0.4, 0.5) is 4.39 Å². The molecule has 1 N–H and O–H groups in total. The van der Waals surface area contributed by atoms with Gasteiger partial charge in [-0.15, -0.1) is 0 Å². The lowest BCUT2D eigenvalue weighted by Gasteiger charge is -2.11. The van der Waals surface area contributed by atoms with Gasteiger partial charge in [-0.25, -0.2) is 4.39 Å². The van der Waals surface area contributed by atoms with Crippen LogP contribution < -0.4 is 4.74 Å². The zero-order valence-electron chi connectivity index (χ0n) is 9.56. The van der Waals surface area contributed by atoms with Crippen LogP contribution in [0, 0.1) is 5.82 Å². The molecular weight excluding hydrogens is 227 g/mol. The van der Waals surface area contributed by atoms with E-state index in [1.54, 1.807) is 6.92 Å². The van der Waals surface area contributed by atoms with Gasteiger partial charge in [0.2, 0.25) is 0 Å². The predicted octanol–water partition coefficient (Wildman–Crippen LogP) is 1.52. The highest BCUT2D eigenvalue weighted by molar-refractivity contribution is 5.69. The SMILES string of the molecule is CCOC(=O)CC(O)COc1ccc(F)cc1. The second-order valence-corrected chi connectivity index (χ2v) is 3.43. The van der Waals surface area contributed by atoms with Crippen LogP contribution >= 0.6 is 0 Å². The first-order valence-electron chi connectivity index (χ1n) is 5.34. The maximum absolute atomic E-state index is 12.6. The molecular formula is C12H15FO4. The number of hydrogen-bond donors (Lipinski definition) is 1. The lowest BCUT2D eigenvalue weighted by molar-refractivity contribution is -0.145. The standard InChI is InChI=1S/C12H15FO4/c1-2-16-12(15)7-10(14)8-17-11-5-3-9(13)4-6-11/h3-6,10,14H,2,7-8H2,1H3. The summed E-state index contributed by atoms with van der Waals surface area (Å²) in [5, 5.41) is 9.46. The monoisotopic (exact) mass is 242 g/mol. The zero-order valence-corrected chi connectivity index (χ0v) is 9.56. The van der Waals surface area contributed by atoms with Gasteiger partial charge >= 0.3 is 5.97 Å². The minimum atomic E-state index is -0.931. The van der Waals surface area contributed by atoms with Crippen LogP contribution in [-0.4, -0.2) is 30.4 Å². The lowest BCUT2D eigenvalue weighted by atomic mass is 10.2. The van der Waals surface area contributed by atoms with Crippen LogP contribution in [0.5, 0.6) is 5.75 Å². The Hall–Kier alpha value is -1.62. The average Bonchev–Trinajstić information content (AvgIpc) is 2.28. The molecule has 1 unspecified atom stereocenters. The Kier molecular flexibility index (Phi) is 5.42. The summed E-state index contributed by atoms with van der Waals surface area (Å²) >= 11 is 0. The van der Waals surface area contributed by atoms with E-state index >= 15 is 0 Å². The summed E-state index contributed by atoms with van der Waals surface area (Å²) in [6.45, 7) is 1.94. The molecule has 0 spiro atoms. The van der Waals surface area contributed by atoms with Gasteiger partial charge in [-0.2, -0.15) is 0 Å². The summed E-state index contributed by atoms with van der Waals surface area (Å²) in [5.41, 5.74) is 0. The van der Waals surface area contributed by atoms with Gasteiger partial charge in [-0.3, -0.25) is 4.79 Å². The Morgan fingerprint density at radius 2 is 2.06 bits per heavy atom. The molecule has 1 aromatic carbocycles. The van der Waals surface area contributed by atoms with Crippen LogP contribution in [0.15, 0.2) is 24.3 Å². The van der Waals surface area contributed by atoms with Crippen molar-refractivity contribution in [3.63, 3.8) is 0 Å². The number of rotatable bonds is 6. The number of hydrogen-bond acceptors (Lipinski definition) is 4. The first-order chi connectivity index (χ1) is 8.11. The third kappa shape index (κ3) is 5.31. The molecule has 17 heavy (non-hydrogen) atoms. The van der Waals surface area contributed by atoms with E-state index in [-0.39, 0.29) is 25.5 Å². The van der Waals surface area contributed by atoms with Crippen molar-refractivity contribution in [3.05, 3.63) is 30.1 Å². The van der Waals surface area contributed by atoms with Crippen molar-refractivity contribution >= 4 is 5.97 Å². The number of carbonyl (C=O) groups excluding carboxylic acids is 1. The summed E-state index contributed by atoms with van der Waals surface area (Å²) in [6.07, 6.45) is -1.05. The highest BCUT2D eigenvalue weighted by atomic mass is 19.1. The zero-order chi connectivity index (χ0) is 12.7. The van der Waals surface area contributed by atoms with Crippen LogP contribution in [0.25, 0.3) is 0 Å². The molecule has 0 amide bonds. The largest absolute Gasteiger partial charge is 0.491 e. The summed E-state index contributed by atoms with van der Waals surface area (Å²) in [5.74, 6) is -0.388. The first-order valence-corrected chi connectivity index (χ1v) is 5.34. The Labute approximate surface area is 99.0 Å². The molecule has 0 saturated carbocycles. The van der Waals surface area contributed by atoms with E-state index in [2.05, 4.69) is 4.74 Å². The molecule has 1 rings (SSSR count). The number of aliphatic hydroxyl groups excluding tert-OH is 1. The van der Waals surface area contributed by atoms with Crippen LogP contribution in [0.3, 0.4) is 0 Å². The molecule has 1 atom stereocenters. The summed E-state index contributed by atoms with van der Waals surface area (Å²) in [6, 6.07) is 5.42. The molecule has 0 saturated heterocycles. The van der Waals surface area contributed by atoms with Gasteiger partial charge < -0.3 is 14.6 Å². The number of ether oxygens (including phenoxy) is 2. The molecule has 94 valence electrons.